The van der Waals surface area contributed by atoms with Crippen molar-refractivity contribution in [3.63, 3.8) is 0 Å². The first-order chi connectivity index (χ1) is 13.5. The number of nitrogens with zero attached hydrogens (tertiary/aromatic N) is 3. The van der Waals surface area contributed by atoms with Crippen LogP contribution in [0.25, 0.3) is 11.3 Å². The third-order valence-corrected chi connectivity index (χ3v) is 3.80. The van der Waals surface area contributed by atoms with Crippen LogP contribution in [0.4, 0.5) is 17.2 Å². The number of aliphatic hydroxyl groups excluding tert-OH is 1. The second-order valence-electron chi connectivity index (χ2n) is 5.92. The maximum absolute atomic E-state index is 12.8. The molecule has 0 aliphatic rings. The van der Waals surface area contributed by atoms with E-state index in [1.165, 1.54) is 13.3 Å². The van der Waals surface area contributed by atoms with E-state index in [1.807, 2.05) is 6.07 Å². The number of carbonyl (C=O) groups excluding carboxylic acids is 1. The number of aliphatic hydroxyl groups is 1. The Hall–Kier alpha value is -3.72. The van der Waals surface area contributed by atoms with Crippen molar-refractivity contribution in [2.45, 2.75) is 13.2 Å². The van der Waals surface area contributed by atoms with Crippen molar-refractivity contribution in [1.82, 2.24) is 15.0 Å². The van der Waals surface area contributed by atoms with Gasteiger partial charge in [0.15, 0.2) is 11.5 Å². The molecule has 3 aromatic rings. The van der Waals surface area contributed by atoms with E-state index in [0.717, 1.165) is 0 Å². The largest absolute Gasteiger partial charge is 0.495 e. The number of hydrogen-bond acceptors (Lipinski definition) is 8. The zero-order valence-corrected chi connectivity index (χ0v) is 15.4. The van der Waals surface area contributed by atoms with Crippen LogP contribution >= 0.6 is 0 Å². The van der Waals surface area contributed by atoms with E-state index < -0.39 is 12.1 Å². The first-order valence-electron chi connectivity index (χ1n) is 8.45. The number of carbonyl (C=O) groups is 1. The lowest BCUT2D eigenvalue weighted by atomic mass is 10.2. The molecular weight excluding hydrogens is 360 g/mol. The average molecular weight is 380 g/mol. The Kier molecular flexibility index (Phi) is 5.66. The topological polar surface area (TPSA) is 135 Å². The standard InChI is InChI=1S/C19H20N6O3/c1-11(26)23-13-5-6-16(28-2)14(8-13)25-19(27)17-18(20)22-10-15(24-17)12-4-3-7-21-9-12/h3-11,23,26H,1-2H3,(H2,20,22)(H,25,27). The second kappa shape index (κ2) is 8.31. The van der Waals surface area contributed by atoms with Crippen LogP contribution in [0.5, 0.6) is 5.75 Å². The van der Waals surface area contributed by atoms with Gasteiger partial charge >= 0.3 is 0 Å². The van der Waals surface area contributed by atoms with Crippen LogP contribution in [0.3, 0.4) is 0 Å². The van der Waals surface area contributed by atoms with E-state index in [4.69, 9.17) is 10.5 Å². The summed E-state index contributed by atoms with van der Waals surface area (Å²) in [5, 5.41) is 15.1. The molecule has 1 amide bonds. The Bertz CT molecular complexity index is 979. The fraction of sp³-hybridized carbons (Fsp3) is 0.158. The van der Waals surface area contributed by atoms with E-state index in [2.05, 4.69) is 25.6 Å². The SMILES string of the molecule is COc1ccc(NC(C)O)cc1NC(=O)c1nc(-c2cccnc2)cnc1N. The maximum Gasteiger partial charge on any atom is 0.278 e. The molecule has 0 aliphatic carbocycles. The first-order valence-corrected chi connectivity index (χ1v) is 8.45. The summed E-state index contributed by atoms with van der Waals surface area (Å²) in [7, 11) is 1.49. The van der Waals surface area contributed by atoms with Gasteiger partial charge < -0.3 is 26.2 Å². The van der Waals surface area contributed by atoms with Crippen molar-refractivity contribution in [3.8, 4) is 17.0 Å². The van der Waals surface area contributed by atoms with Gasteiger partial charge in [0, 0.05) is 23.6 Å². The van der Waals surface area contributed by atoms with Gasteiger partial charge in [0.1, 0.15) is 12.0 Å². The number of nitrogen functional groups attached to an aromatic ring is 1. The van der Waals surface area contributed by atoms with Gasteiger partial charge in [-0.25, -0.2) is 9.97 Å². The molecule has 0 aliphatic heterocycles. The molecule has 0 fully saturated rings. The molecule has 1 atom stereocenters. The number of nitrogens with one attached hydrogen (secondary N) is 2. The Morgan fingerprint density at radius 3 is 2.79 bits per heavy atom. The summed E-state index contributed by atoms with van der Waals surface area (Å²) in [5.41, 5.74) is 8.03. The van der Waals surface area contributed by atoms with Gasteiger partial charge in [0.25, 0.3) is 5.91 Å². The summed E-state index contributed by atoms with van der Waals surface area (Å²) in [6.07, 6.45) is 3.99. The Morgan fingerprint density at radius 1 is 1.29 bits per heavy atom. The highest BCUT2D eigenvalue weighted by atomic mass is 16.5. The van der Waals surface area contributed by atoms with E-state index >= 15 is 0 Å². The molecule has 28 heavy (non-hydrogen) atoms. The predicted molar refractivity (Wildman–Crippen MR) is 106 cm³/mol. The van der Waals surface area contributed by atoms with Crippen molar-refractivity contribution >= 4 is 23.1 Å². The van der Waals surface area contributed by atoms with Crippen molar-refractivity contribution in [3.05, 3.63) is 54.6 Å². The maximum atomic E-state index is 12.8. The molecule has 0 bridgehead atoms. The van der Waals surface area contributed by atoms with Crippen LogP contribution in [0, 0.1) is 0 Å². The minimum Gasteiger partial charge on any atom is -0.495 e. The molecule has 5 N–H and O–H groups in total. The lowest BCUT2D eigenvalue weighted by molar-refractivity contribution is 0.102. The number of hydrogen-bond donors (Lipinski definition) is 4. The number of rotatable bonds is 6. The fourth-order valence-corrected chi connectivity index (χ4v) is 2.54. The fourth-order valence-electron chi connectivity index (χ4n) is 2.54. The molecule has 1 aromatic carbocycles. The molecule has 1 unspecified atom stereocenters. The second-order valence-corrected chi connectivity index (χ2v) is 5.92. The van der Waals surface area contributed by atoms with Crippen LogP contribution < -0.4 is 21.1 Å². The number of benzene rings is 1. The van der Waals surface area contributed by atoms with E-state index in [1.54, 1.807) is 43.6 Å². The number of aromatic nitrogens is 3. The van der Waals surface area contributed by atoms with Crippen LogP contribution in [-0.2, 0) is 0 Å². The quantitative estimate of drug-likeness (QED) is 0.478. The molecule has 0 saturated heterocycles. The highest BCUT2D eigenvalue weighted by Gasteiger charge is 2.17. The van der Waals surface area contributed by atoms with Gasteiger partial charge in [-0.1, -0.05) is 0 Å². The van der Waals surface area contributed by atoms with Crippen molar-refractivity contribution in [2.75, 3.05) is 23.5 Å². The number of amides is 1. The third-order valence-electron chi connectivity index (χ3n) is 3.80. The smallest absolute Gasteiger partial charge is 0.278 e. The van der Waals surface area contributed by atoms with Crippen molar-refractivity contribution < 1.29 is 14.6 Å². The summed E-state index contributed by atoms with van der Waals surface area (Å²) in [5.74, 6) is -0.0926. The normalized spacial score (nSPS) is 11.5. The van der Waals surface area contributed by atoms with Crippen molar-refractivity contribution in [2.24, 2.45) is 0 Å². The predicted octanol–water partition coefficient (Wildman–Crippen LogP) is 2.13. The van der Waals surface area contributed by atoms with Crippen LogP contribution in [0.15, 0.2) is 48.9 Å². The van der Waals surface area contributed by atoms with Crippen LogP contribution in [0.2, 0.25) is 0 Å². The lowest BCUT2D eigenvalue weighted by Gasteiger charge is -2.15. The Morgan fingerprint density at radius 2 is 2.11 bits per heavy atom. The summed E-state index contributed by atoms with van der Waals surface area (Å²) in [6.45, 7) is 1.59. The molecule has 144 valence electrons. The van der Waals surface area contributed by atoms with E-state index in [0.29, 0.717) is 28.4 Å². The van der Waals surface area contributed by atoms with Gasteiger partial charge in [-0.05, 0) is 37.3 Å². The van der Waals surface area contributed by atoms with Crippen molar-refractivity contribution in [1.29, 1.82) is 0 Å². The van der Waals surface area contributed by atoms with Gasteiger partial charge in [-0.2, -0.15) is 0 Å². The molecule has 9 nitrogen and oxygen atoms in total. The minimum atomic E-state index is -0.755. The summed E-state index contributed by atoms with van der Waals surface area (Å²) in [4.78, 5) is 25.2. The van der Waals surface area contributed by atoms with Gasteiger partial charge in [0.2, 0.25) is 0 Å². The van der Waals surface area contributed by atoms with E-state index in [-0.39, 0.29) is 11.5 Å². The number of anilines is 3. The van der Waals surface area contributed by atoms with Crippen LogP contribution in [0.1, 0.15) is 17.4 Å². The summed E-state index contributed by atoms with van der Waals surface area (Å²) >= 11 is 0. The molecule has 9 heteroatoms. The number of ether oxygens (including phenoxy) is 1. The molecular formula is C19H20N6O3. The number of pyridine rings is 1. The minimum absolute atomic E-state index is 0.00219. The third kappa shape index (κ3) is 4.33. The highest BCUT2D eigenvalue weighted by Crippen LogP contribution is 2.29. The van der Waals surface area contributed by atoms with Crippen LogP contribution in [-0.4, -0.2) is 39.3 Å². The average Bonchev–Trinajstić information content (AvgIpc) is 2.68. The highest BCUT2D eigenvalue weighted by molar-refractivity contribution is 6.06. The summed E-state index contributed by atoms with van der Waals surface area (Å²) in [6, 6.07) is 8.60. The Labute approximate surface area is 161 Å². The molecule has 2 heterocycles. The molecule has 3 rings (SSSR count). The zero-order valence-electron chi connectivity index (χ0n) is 15.4. The molecule has 0 saturated carbocycles. The molecule has 0 spiro atoms. The molecule has 2 aromatic heterocycles. The number of nitrogens with two attached hydrogens (primary N) is 1. The number of methoxy groups -OCH3 is 1. The van der Waals surface area contributed by atoms with Gasteiger partial charge in [-0.15, -0.1) is 0 Å². The van der Waals surface area contributed by atoms with Gasteiger partial charge in [0.05, 0.1) is 24.7 Å². The first kappa shape index (κ1) is 19.1. The summed E-state index contributed by atoms with van der Waals surface area (Å²) < 4.78 is 5.28. The van der Waals surface area contributed by atoms with E-state index in [9.17, 15) is 9.90 Å². The molecule has 0 radical (unpaired) electrons. The van der Waals surface area contributed by atoms with Gasteiger partial charge in [-0.3, -0.25) is 9.78 Å². The monoisotopic (exact) mass is 380 g/mol. The lowest BCUT2D eigenvalue weighted by Crippen LogP contribution is -2.18. The zero-order chi connectivity index (χ0) is 20.1. The Balaban J connectivity index is 1.91.